The highest BCUT2D eigenvalue weighted by Gasteiger charge is 2.34. The number of amides is 2. The molecule has 0 aliphatic carbocycles. The number of halogens is 2. The van der Waals surface area contributed by atoms with Gasteiger partial charge in [-0.15, -0.1) is 0 Å². The maximum atomic E-state index is 14.3. The highest BCUT2D eigenvalue weighted by molar-refractivity contribution is 5.90. The number of hydrogen-bond acceptors (Lipinski definition) is 5. The summed E-state index contributed by atoms with van der Waals surface area (Å²) in [6, 6.07) is 2.10. The van der Waals surface area contributed by atoms with Crippen LogP contribution in [0.4, 0.5) is 25.0 Å². The lowest BCUT2D eigenvalue weighted by molar-refractivity contribution is -0.118. The SMILES string of the molecule is C=NC[C@@H]1CN(c2cc(F)c(N3CNC(=O)C3)c(F)c2)C(=O)O1. The third-order valence-electron chi connectivity index (χ3n) is 3.64. The van der Waals surface area contributed by atoms with Gasteiger partial charge < -0.3 is 15.0 Å². The quantitative estimate of drug-likeness (QED) is 0.835. The summed E-state index contributed by atoms with van der Waals surface area (Å²) in [4.78, 5) is 29.0. The van der Waals surface area contributed by atoms with Crippen molar-refractivity contribution in [2.75, 3.05) is 36.1 Å². The molecule has 2 aliphatic rings. The summed E-state index contributed by atoms with van der Waals surface area (Å²) in [5, 5.41) is 2.47. The zero-order valence-electron chi connectivity index (χ0n) is 12.1. The third-order valence-corrected chi connectivity index (χ3v) is 3.64. The van der Waals surface area contributed by atoms with Crippen LogP contribution in [0.5, 0.6) is 0 Å². The van der Waals surface area contributed by atoms with E-state index in [4.69, 9.17) is 4.74 Å². The molecule has 1 N–H and O–H groups in total. The Kier molecular flexibility index (Phi) is 3.85. The topological polar surface area (TPSA) is 74.2 Å². The van der Waals surface area contributed by atoms with Crippen molar-refractivity contribution in [1.29, 1.82) is 0 Å². The van der Waals surface area contributed by atoms with Crippen LogP contribution in [-0.4, -0.2) is 51.1 Å². The third kappa shape index (κ3) is 2.81. The number of nitrogens with zero attached hydrogens (tertiary/aromatic N) is 3. The molecular formula is C14H14F2N4O3. The lowest BCUT2D eigenvalue weighted by atomic mass is 10.2. The summed E-state index contributed by atoms with van der Waals surface area (Å²) in [6.07, 6.45) is -1.19. The van der Waals surface area contributed by atoms with Crippen molar-refractivity contribution < 1.29 is 23.1 Å². The van der Waals surface area contributed by atoms with Crippen LogP contribution in [0.25, 0.3) is 0 Å². The Morgan fingerprint density at radius 2 is 2.04 bits per heavy atom. The van der Waals surface area contributed by atoms with Gasteiger partial charge in [-0.1, -0.05) is 0 Å². The minimum atomic E-state index is -0.852. The molecule has 122 valence electrons. The Morgan fingerprint density at radius 3 is 2.61 bits per heavy atom. The maximum Gasteiger partial charge on any atom is 0.414 e. The van der Waals surface area contributed by atoms with Crippen LogP contribution in [0, 0.1) is 11.6 Å². The minimum Gasteiger partial charge on any atom is -0.442 e. The molecule has 2 heterocycles. The molecule has 1 aromatic carbocycles. The van der Waals surface area contributed by atoms with Crippen LogP contribution >= 0.6 is 0 Å². The second-order valence-electron chi connectivity index (χ2n) is 5.24. The summed E-state index contributed by atoms with van der Waals surface area (Å²) in [6.45, 7) is 3.59. The summed E-state index contributed by atoms with van der Waals surface area (Å²) < 4.78 is 33.6. The van der Waals surface area contributed by atoms with Crippen molar-refractivity contribution in [3.05, 3.63) is 23.8 Å². The van der Waals surface area contributed by atoms with Gasteiger partial charge in [-0.25, -0.2) is 13.6 Å². The Morgan fingerprint density at radius 1 is 1.35 bits per heavy atom. The molecule has 7 nitrogen and oxygen atoms in total. The number of nitrogens with one attached hydrogen (secondary N) is 1. The Labute approximate surface area is 130 Å². The molecule has 2 amide bonds. The van der Waals surface area contributed by atoms with Gasteiger partial charge in [-0.05, 0) is 6.72 Å². The van der Waals surface area contributed by atoms with E-state index >= 15 is 0 Å². The number of aliphatic imine (C=N–C) groups is 1. The first-order valence-electron chi connectivity index (χ1n) is 6.91. The fourth-order valence-electron chi connectivity index (χ4n) is 2.61. The number of rotatable bonds is 4. The number of carbonyl (C=O) groups excluding carboxylic acids is 2. The number of benzene rings is 1. The highest BCUT2D eigenvalue weighted by Crippen LogP contribution is 2.31. The van der Waals surface area contributed by atoms with Crippen molar-refractivity contribution in [3.63, 3.8) is 0 Å². The highest BCUT2D eigenvalue weighted by atomic mass is 19.1. The first-order valence-corrected chi connectivity index (χ1v) is 6.91. The number of cyclic esters (lactones) is 1. The predicted molar refractivity (Wildman–Crippen MR) is 78.7 cm³/mol. The van der Waals surface area contributed by atoms with Crippen molar-refractivity contribution >= 4 is 30.1 Å². The van der Waals surface area contributed by atoms with E-state index in [1.165, 1.54) is 4.90 Å². The minimum absolute atomic E-state index is 0.0326. The van der Waals surface area contributed by atoms with Gasteiger partial charge in [0.25, 0.3) is 0 Å². The fraction of sp³-hybridized carbons (Fsp3) is 0.357. The molecular weight excluding hydrogens is 310 g/mol. The van der Waals surface area contributed by atoms with Crippen LogP contribution in [0.2, 0.25) is 0 Å². The first-order chi connectivity index (χ1) is 11.0. The lowest BCUT2D eigenvalue weighted by Crippen LogP contribution is -2.27. The summed E-state index contributed by atoms with van der Waals surface area (Å²) >= 11 is 0. The summed E-state index contributed by atoms with van der Waals surface area (Å²) in [5.74, 6) is -2.01. The molecule has 23 heavy (non-hydrogen) atoms. The molecule has 3 rings (SSSR count). The van der Waals surface area contributed by atoms with Crippen LogP contribution in [0.15, 0.2) is 17.1 Å². The van der Waals surface area contributed by atoms with E-state index in [9.17, 15) is 18.4 Å². The van der Waals surface area contributed by atoms with Gasteiger partial charge in [0.1, 0.15) is 11.8 Å². The van der Waals surface area contributed by atoms with Crippen LogP contribution < -0.4 is 15.1 Å². The van der Waals surface area contributed by atoms with E-state index < -0.39 is 23.8 Å². The molecule has 2 aliphatic heterocycles. The van der Waals surface area contributed by atoms with Crippen molar-refractivity contribution in [3.8, 4) is 0 Å². The lowest BCUT2D eigenvalue weighted by Gasteiger charge is -2.20. The predicted octanol–water partition coefficient (Wildman–Crippen LogP) is 0.884. The van der Waals surface area contributed by atoms with Gasteiger partial charge in [-0.2, -0.15) is 0 Å². The molecule has 1 atom stereocenters. The van der Waals surface area contributed by atoms with E-state index in [0.29, 0.717) is 0 Å². The number of carbonyl (C=O) groups is 2. The van der Waals surface area contributed by atoms with Gasteiger partial charge >= 0.3 is 6.09 Å². The van der Waals surface area contributed by atoms with Crippen LogP contribution in [0.3, 0.4) is 0 Å². The Balaban J connectivity index is 1.86. The molecule has 2 fully saturated rings. The molecule has 0 radical (unpaired) electrons. The molecule has 1 aromatic rings. The smallest absolute Gasteiger partial charge is 0.414 e. The van der Waals surface area contributed by atoms with Gasteiger partial charge in [0.15, 0.2) is 11.6 Å². The molecule has 0 unspecified atom stereocenters. The Hall–Kier alpha value is -2.71. The van der Waals surface area contributed by atoms with Crippen molar-refractivity contribution in [1.82, 2.24) is 5.32 Å². The standard InChI is InChI=1S/C14H14F2N4O3/c1-17-4-9-5-20(14(22)23-9)8-2-10(15)13(11(16)3-8)19-6-12(21)18-7-19/h2-3,9H,1,4-7H2,(H,18,21)/t9-/m1/s1. The largest absolute Gasteiger partial charge is 0.442 e. The van der Waals surface area contributed by atoms with Gasteiger partial charge in [0.2, 0.25) is 5.91 Å². The summed E-state index contributed by atoms with van der Waals surface area (Å²) in [5.41, 5.74) is -0.247. The van der Waals surface area contributed by atoms with E-state index in [0.717, 1.165) is 17.0 Å². The van der Waals surface area contributed by atoms with Gasteiger partial charge in [0.05, 0.1) is 32.0 Å². The fourth-order valence-corrected chi connectivity index (χ4v) is 2.61. The normalized spacial score (nSPS) is 20.7. The van der Waals surface area contributed by atoms with Crippen LogP contribution in [-0.2, 0) is 9.53 Å². The van der Waals surface area contributed by atoms with Gasteiger partial charge in [0, 0.05) is 12.1 Å². The first kappa shape index (κ1) is 15.2. The van der Waals surface area contributed by atoms with Gasteiger partial charge in [-0.3, -0.25) is 14.7 Å². The molecule has 0 bridgehead atoms. The molecule has 2 saturated heterocycles. The zero-order valence-corrected chi connectivity index (χ0v) is 12.1. The zero-order chi connectivity index (χ0) is 16.6. The number of anilines is 2. The average molecular weight is 324 g/mol. The average Bonchev–Trinajstić information content (AvgIpc) is 3.05. The number of ether oxygens (including phenoxy) is 1. The molecule has 0 aromatic heterocycles. The molecule has 0 saturated carbocycles. The molecule has 0 spiro atoms. The number of hydrogen-bond donors (Lipinski definition) is 1. The second-order valence-corrected chi connectivity index (χ2v) is 5.24. The maximum absolute atomic E-state index is 14.3. The van der Waals surface area contributed by atoms with Crippen LogP contribution in [0.1, 0.15) is 0 Å². The van der Waals surface area contributed by atoms with E-state index in [2.05, 4.69) is 17.0 Å². The van der Waals surface area contributed by atoms with Crippen molar-refractivity contribution in [2.45, 2.75) is 6.10 Å². The monoisotopic (exact) mass is 324 g/mol. The summed E-state index contributed by atoms with van der Waals surface area (Å²) in [7, 11) is 0. The van der Waals surface area contributed by atoms with Crippen molar-refractivity contribution in [2.24, 2.45) is 4.99 Å². The molecule has 9 heteroatoms. The van der Waals surface area contributed by atoms with E-state index in [-0.39, 0.29) is 43.6 Å². The van der Waals surface area contributed by atoms with E-state index in [1.54, 1.807) is 0 Å². The second kappa shape index (κ2) is 5.82. The Bertz CT molecular complexity index is 659. The van der Waals surface area contributed by atoms with E-state index in [1.807, 2.05) is 0 Å².